The van der Waals surface area contributed by atoms with Gasteiger partial charge in [0.25, 0.3) is 5.91 Å². The van der Waals surface area contributed by atoms with Gasteiger partial charge in [0, 0.05) is 0 Å². The molecule has 0 radical (unpaired) electrons. The molecule has 2 aromatic rings. The van der Waals surface area contributed by atoms with Gasteiger partial charge >= 0.3 is 0 Å². The zero-order valence-electron chi connectivity index (χ0n) is 10.6. The third kappa shape index (κ3) is 2.30. The van der Waals surface area contributed by atoms with E-state index in [9.17, 15) is 9.59 Å². The number of rotatable bonds is 4. The lowest BCUT2D eigenvalue weighted by molar-refractivity contribution is -0.121. The zero-order chi connectivity index (χ0) is 13.9. The highest BCUT2D eigenvalue weighted by Gasteiger charge is 2.39. The third-order valence-electron chi connectivity index (χ3n) is 3.14. The molecule has 0 spiro atoms. The van der Waals surface area contributed by atoms with Crippen molar-refractivity contribution < 1.29 is 9.59 Å². The summed E-state index contributed by atoms with van der Waals surface area (Å²) in [5, 5.41) is 9.44. The number of carbonyl (C=O) groups excluding carboxylic acids is 2. The largest absolute Gasteiger partial charge is 0.298 e. The van der Waals surface area contributed by atoms with Crippen LogP contribution in [0.5, 0.6) is 0 Å². The van der Waals surface area contributed by atoms with E-state index in [4.69, 9.17) is 0 Å². The third-order valence-corrected chi connectivity index (χ3v) is 3.14. The maximum atomic E-state index is 12.3. The van der Waals surface area contributed by atoms with Gasteiger partial charge in [0.15, 0.2) is 0 Å². The molecule has 2 amide bonds. The number of H-pyrrole nitrogens is 1. The summed E-state index contributed by atoms with van der Waals surface area (Å²) in [5.41, 5.74) is 0.603. The minimum atomic E-state index is -0.521. The van der Waals surface area contributed by atoms with Crippen LogP contribution in [-0.2, 0) is 16.1 Å². The molecule has 7 nitrogen and oxygen atoms in total. The second kappa shape index (κ2) is 5.22. The fourth-order valence-corrected chi connectivity index (χ4v) is 2.18. The molecule has 1 aliphatic heterocycles. The van der Waals surface area contributed by atoms with E-state index in [0.717, 1.165) is 0 Å². The predicted molar refractivity (Wildman–Crippen MR) is 70.6 cm³/mol. The monoisotopic (exact) mass is 271 g/mol. The van der Waals surface area contributed by atoms with Crippen LogP contribution in [0.3, 0.4) is 0 Å². The molecule has 20 heavy (non-hydrogen) atoms. The first-order valence-electron chi connectivity index (χ1n) is 6.25. The quantitative estimate of drug-likeness (QED) is 0.777. The molecule has 0 aliphatic carbocycles. The Morgan fingerprint density at radius 1 is 1.30 bits per heavy atom. The van der Waals surface area contributed by atoms with Crippen LogP contribution in [-0.4, -0.2) is 33.0 Å². The average molecular weight is 271 g/mol. The fourth-order valence-electron chi connectivity index (χ4n) is 2.18. The smallest absolute Gasteiger partial charge is 0.251 e. The average Bonchev–Trinajstić information content (AvgIpc) is 3.06. The number of anilines is 1. The van der Waals surface area contributed by atoms with Gasteiger partial charge in [0.1, 0.15) is 12.2 Å². The van der Waals surface area contributed by atoms with Crippen LogP contribution in [0, 0.1) is 0 Å². The summed E-state index contributed by atoms with van der Waals surface area (Å²) >= 11 is 0. The van der Waals surface area contributed by atoms with E-state index in [2.05, 4.69) is 20.5 Å². The number of aromatic nitrogens is 3. The van der Waals surface area contributed by atoms with E-state index in [1.807, 2.05) is 6.07 Å². The standard InChI is InChI=1S/C13H13N5O2/c19-12-6-10(14-7-11-15-8-16-17-11)13(20)18(12)9-4-2-1-3-5-9/h1-5,8,10,14H,6-7H2,(H,15,16,17). The molecule has 1 fully saturated rings. The molecule has 102 valence electrons. The first kappa shape index (κ1) is 12.5. The number of benzene rings is 1. The fraction of sp³-hybridized carbons (Fsp3) is 0.231. The number of imide groups is 1. The van der Waals surface area contributed by atoms with Crippen LogP contribution in [0.1, 0.15) is 12.2 Å². The van der Waals surface area contributed by atoms with Gasteiger partial charge in [-0.3, -0.25) is 20.0 Å². The van der Waals surface area contributed by atoms with E-state index in [1.165, 1.54) is 11.2 Å². The first-order valence-corrected chi connectivity index (χ1v) is 6.25. The van der Waals surface area contributed by atoms with E-state index in [1.54, 1.807) is 24.3 Å². The Morgan fingerprint density at radius 2 is 2.10 bits per heavy atom. The minimum absolute atomic E-state index is 0.155. The Hall–Kier alpha value is -2.54. The Kier molecular flexibility index (Phi) is 3.26. The van der Waals surface area contributed by atoms with Crippen molar-refractivity contribution in [3.63, 3.8) is 0 Å². The highest BCUT2D eigenvalue weighted by Crippen LogP contribution is 2.22. The van der Waals surface area contributed by atoms with Gasteiger partial charge in [-0.05, 0) is 12.1 Å². The lowest BCUT2D eigenvalue weighted by Gasteiger charge is -2.15. The molecule has 2 heterocycles. The Labute approximate surface area is 115 Å². The van der Waals surface area contributed by atoms with Crippen LogP contribution < -0.4 is 10.2 Å². The summed E-state index contributed by atoms with van der Waals surface area (Å²) in [6.07, 6.45) is 1.55. The molecular formula is C13H13N5O2. The number of nitrogens with one attached hydrogen (secondary N) is 2. The van der Waals surface area contributed by atoms with E-state index in [0.29, 0.717) is 18.1 Å². The summed E-state index contributed by atoms with van der Waals surface area (Å²) in [7, 11) is 0. The minimum Gasteiger partial charge on any atom is -0.298 e. The number of para-hydroxylation sites is 1. The van der Waals surface area contributed by atoms with Crippen LogP contribution in [0.15, 0.2) is 36.7 Å². The van der Waals surface area contributed by atoms with Gasteiger partial charge < -0.3 is 0 Å². The van der Waals surface area contributed by atoms with Crippen molar-refractivity contribution in [1.82, 2.24) is 20.5 Å². The molecule has 1 unspecified atom stereocenters. The van der Waals surface area contributed by atoms with E-state index >= 15 is 0 Å². The molecule has 0 bridgehead atoms. The predicted octanol–water partition coefficient (Wildman–Crippen LogP) is 0.226. The molecule has 7 heteroatoms. The van der Waals surface area contributed by atoms with Gasteiger partial charge in [-0.1, -0.05) is 18.2 Å². The summed E-state index contributed by atoms with van der Waals surface area (Å²) in [6.45, 7) is 0.367. The van der Waals surface area contributed by atoms with Crippen LogP contribution >= 0.6 is 0 Å². The SMILES string of the molecule is O=C1CC(NCc2ncn[nH]2)C(=O)N1c1ccccc1. The molecule has 1 aliphatic rings. The van der Waals surface area contributed by atoms with Crippen molar-refractivity contribution in [2.45, 2.75) is 19.0 Å². The van der Waals surface area contributed by atoms with Gasteiger partial charge in [0.2, 0.25) is 5.91 Å². The molecule has 2 N–H and O–H groups in total. The maximum Gasteiger partial charge on any atom is 0.251 e. The molecule has 1 saturated heterocycles. The van der Waals surface area contributed by atoms with Gasteiger partial charge in [0.05, 0.1) is 24.7 Å². The molecule has 1 aromatic heterocycles. The highest BCUT2D eigenvalue weighted by atomic mass is 16.2. The number of nitrogens with zero attached hydrogens (tertiary/aromatic N) is 3. The maximum absolute atomic E-state index is 12.3. The number of aromatic amines is 1. The van der Waals surface area contributed by atoms with Crippen molar-refractivity contribution in [2.24, 2.45) is 0 Å². The molecule has 1 aromatic carbocycles. The normalized spacial score (nSPS) is 18.8. The number of amides is 2. The van der Waals surface area contributed by atoms with E-state index in [-0.39, 0.29) is 18.2 Å². The Balaban J connectivity index is 1.70. The number of hydrogen-bond acceptors (Lipinski definition) is 5. The Bertz CT molecular complexity index is 611. The number of hydrogen-bond donors (Lipinski definition) is 2. The lowest BCUT2D eigenvalue weighted by Crippen LogP contribution is -2.38. The van der Waals surface area contributed by atoms with Crippen LogP contribution in [0.2, 0.25) is 0 Å². The Morgan fingerprint density at radius 3 is 2.80 bits per heavy atom. The summed E-state index contributed by atoms with van der Waals surface area (Å²) in [4.78, 5) is 29.4. The van der Waals surface area contributed by atoms with Crippen molar-refractivity contribution in [3.05, 3.63) is 42.5 Å². The first-order chi connectivity index (χ1) is 9.75. The summed E-state index contributed by atoms with van der Waals surface area (Å²) < 4.78 is 0. The van der Waals surface area contributed by atoms with Crippen molar-refractivity contribution in [1.29, 1.82) is 0 Å². The van der Waals surface area contributed by atoms with Gasteiger partial charge in [-0.15, -0.1) is 0 Å². The molecular weight excluding hydrogens is 258 g/mol. The molecule has 3 rings (SSSR count). The lowest BCUT2D eigenvalue weighted by atomic mass is 10.2. The zero-order valence-corrected chi connectivity index (χ0v) is 10.6. The molecule has 1 atom stereocenters. The van der Waals surface area contributed by atoms with Gasteiger partial charge in [-0.25, -0.2) is 9.88 Å². The second-order valence-electron chi connectivity index (χ2n) is 4.47. The van der Waals surface area contributed by atoms with Gasteiger partial charge in [-0.2, -0.15) is 5.10 Å². The van der Waals surface area contributed by atoms with Crippen molar-refractivity contribution >= 4 is 17.5 Å². The number of carbonyl (C=O) groups is 2. The highest BCUT2D eigenvalue weighted by molar-refractivity contribution is 6.22. The van der Waals surface area contributed by atoms with E-state index < -0.39 is 6.04 Å². The second-order valence-corrected chi connectivity index (χ2v) is 4.47. The topological polar surface area (TPSA) is 91.0 Å². The summed E-state index contributed by atoms with van der Waals surface area (Å²) in [6, 6.07) is 8.40. The summed E-state index contributed by atoms with van der Waals surface area (Å²) in [5.74, 6) is 0.195. The molecule has 0 saturated carbocycles. The van der Waals surface area contributed by atoms with Crippen molar-refractivity contribution in [3.8, 4) is 0 Å². The van der Waals surface area contributed by atoms with Crippen molar-refractivity contribution in [2.75, 3.05) is 4.90 Å². The van der Waals surface area contributed by atoms with Crippen LogP contribution in [0.25, 0.3) is 0 Å². The van der Waals surface area contributed by atoms with Crippen LogP contribution in [0.4, 0.5) is 5.69 Å².